The summed E-state index contributed by atoms with van der Waals surface area (Å²) in [6, 6.07) is 7.93. The summed E-state index contributed by atoms with van der Waals surface area (Å²) in [6.07, 6.45) is 2.27. The number of nitrogens with one attached hydrogen (secondary N) is 1. The van der Waals surface area contributed by atoms with E-state index < -0.39 is 10.0 Å². The van der Waals surface area contributed by atoms with Gasteiger partial charge in [-0.1, -0.05) is 11.6 Å². The zero-order valence-electron chi connectivity index (χ0n) is 14.1. The molecule has 1 aromatic carbocycles. The number of nitrogens with zero attached hydrogens (tertiary/aromatic N) is 3. The molecule has 7 nitrogen and oxygen atoms in total. The van der Waals surface area contributed by atoms with Gasteiger partial charge in [0.2, 0.25) is 10.0 Å². The molecule has 2 fully saturated rings. The summed E-state index contributed by atoms with van der Waals surface area (Å²) in [5, 5.41) is 7.54. The van der Waals surface area contributed by atoms with E-state index in [1.54, 1.807) is 17.0 Å². The molecule has 1 aliphatic heterocycles. The molecule has 0 radical (unpaired) electrons. The summed E-state index contributed by atoms with van der Waals surface area (Å²) < 4.78 is 26.8. The number of H-pyrrole nitrogens is 1. The highest BCUT2D eigenvalue weighted by atomic mass is 35.5. The van der Waals surface area contributed by atoms with E-state index in [-0.39, 0.29) is 23.9 Å². The summed E-state index contributed by atoms with van der Waals surface area (Å²) in [4.78, 5) is 14.4. The van der Waals surface area contributed by atoms with Gasteiger partial charge >= 0.3 is 0 Å². The van der Waals surface area contributed by atoms with Gasteiger partial charge in [-0.05, 0) is 43.2 Å². The molecule has 4 rings (SSSR count). The van der Waals surface area contributed by atoms with Crippen molar-refractivity contribution in [3.05, 3.63) is 46.7 Å². The number of carbonyl (C=O) groups excluding carboxylic acids is 1. The predicted octanol–water partition coefficient (Wildman–Crippen LogP) is 2.09. The quantitative estimate of drug-likeness (QED) is 0.860. The monoisotopic (exact) mass is 394 g/mol. The van der Waals surface area contributed by atoms with E-state index in [4.69, 9.17) is 11.6 Å². The van der Waals surface area contributed by atoms with Crippen molar-refractivity contribution in [2.75, 3.05) is 26.2 Å². The van der Waals surface area contributed by atoms with Crippen LogP contribution in [-0.4, -0.2) is 59.9 Å². The Kier molecular flexibility index (Phi) is 4.50. The lowest BCUT2D eigenvalue weighted by atomic mass is 10.2. The molecule has 9 heteroatoms. The minimum atomic E-state index is -3.58. The summed E-state index contributed by atoms with van der Waals surface area (Å²) in [5.74, 6) is 0.349. The van der Waals surface area contributed by atoms with Crippen molar-refractivity contribution >= 4 is 27.5 Å². The number of piperazine rings is 1. The number of benzene rings is 1. The molecule has 2 aromatic rings. The van der Waals surface area contributed by atoms with Gasteiger partial charge in [-0.3, -0.25) is 9.89 Å². The van der Waals surface area contributed by atoms with Crippen molar-refractivity contribution < 1.29 is 13.2 Å². The second kappa shape index (κ2) is 6.68. The topological polar surface area (TPSA) is 86.4 Å². The SMILES string of the molecule is O=C(c1cc(C2CC2)[nH]n1)N1CCN(S(=O)(=O)c2ccc(Cl)cc2)CC1. The fourth-order valence-electron chi connectivity index (χ4n) is 3.10. The highest BCUT2D eigenvalue weighted by molar-refractivity contribution is 7.89. The zero-order chi connectivity index (χ0) is 18.3. The Morgan fingerprint density at radius 1 is 1.12 bits per heavy atom. The van der Waals surface area contributed by atoms with Crippen LogP contribution in [0.5, 0.6) is 0 Å². The molecule has 1 aromatic heterocycles. The third-order valence-electron chi connectivity index (χ3n) is 4.81. The van der Waals surface area contributed by atoms with Crippen molar-refractivity contribution in [2.45, 2.75) is 23.7 Å². The van der Waals surface area contributed by atoms with E-state index in [1.165, 1.54) is 16.4 Å². The first-order valence-corrected chi connectivity index (χ1v) is 10.4. The molecule has 1 saturated carbocycles. The van der Waals surface area contributed by atoms with Gasteiger partial charge in [0, 0.05) is 42.8 Å². The van der Waals surface area contributed by atoms with Crippen molar-refractivity contribution in [3.63, 3.8) is 0 Å². The molecule has 1 aliphatic carbocycles. The maximum Gasteiger partial charge on any atom is 0.274 e. The van der Waals surface area contributed by atoms with Crippen LogP contribution in [0.3, 0.4) is 0 Å². The van der Waals surface area contributed by atoms with Crippen LogP contribution >= 0.6 is 11.6 Å². The van der Waals surface area contributed by atoms with Crippen molar-refractivity contribution in [2.24, 2.45) is 0 Å². The molecule has 138 valence electrons. The minimum Gasteiger partial charge on any atom is -0.335 e. The number of hydrogen-bond acceptors (Lipinski definition) is 4. The molecule has 0 spiro atoms. The van der Waals surface area contributed by atoms with Gasteiger partial charge in [-0.2, -0.15) is 9.40 Å². The molecule has 0 atom stereocenters. The van der Waals surface area contributed by atoms with Gasteiger partial charge in [-0.15, -0.1) is 0 Å². The zero-order valence-corrected chi connectivity index (χ0v) is 15.6. The molecule has 2 aliphatic rings. The Morgan fingerprint density at radius 2 is 1.77 bits per heavy atom. The number of rotatable bonds is 4. The second-order valence-corrected chi connectivity index (χ2v) is 9.01. The van der Waals surface area contributed by atoms with Crippen LogP contribution in [0.4, 0.5) is 0 Å². The van der Waals surface area contributed by atoms with Crippen LogP contribution < -0.4 is 0 Å². The van der Waals surface area contributed by atoms with Crippen LogP contribution in [0.25, 0.3) is 0 Å². The Bertz CT molecular complexity index is 914. The number of sulfonamides is 1. The minimum absolute atomic E-state index is 0.156. The third-order valence-corrected chi connectivity index (χ3v) is 6.98. The third kappa shape index (κ3) is 3.36. The first-order valence-electron chi connectivity index (χ1n) is 8.55. The van der Waals surface area contributed by atoms with E-state index in [2.05, 4.69) is 10.2 Å². The molecule has 1 amide bonds. The number of aromatic amines is 1. The number of amides is 1. The number of hydrogen-bond donors (Lipinski definition) is 1. The maximum absolute atomic E-state index is 12.7. The molecule has 0 bridgehead atoms. The molecule has 1 N–H and O–H groups in total. The van der Waals surface area contributed by atoms with Crippen LogP contribution in [0.15, 0.2) is 35.2 Å². The first kappa shape index (κ1) is 17.5. The lowest BCUT2D eigenvalue weighted by Gasteiger charge is -2.33. The van der Waals surface area contributed by atoms with Crippen LogP contribution in [0.2, 0.25) is 5.02 Å². The second-order valence-electron chi connectivity index (χ2n) is 6.63. The highest BCUT2D eigenvalue weighted by Gasteiger charge is 2.32. The van der Waals surface area contributed by atoms with Crippen molar-refractivity contribution in [1.82, 2.24) is 19.4 Å². The number of carbonyl (C=O) groups is 1. The van der Waals surface area contributed by atoms with E-state index in [0.717, 1.165) is 18.5 Å². The van der Waals surface area contributed by atoms with Gasteiger partial charge in [0.1, 0.15) is 5.69 Å². The van der Waals surface area contributed by atoms with Crippen molar-refractivity contribution in [1.29, 1.82) is 0 Å². The van der Waals surface area contributed by atoms with Gasteiger partial charge in [0.25, 0.3) is 5.91 Å². The van der Waals surface area contributed by atoms with E-state index >= 15 is 0 Å². The average Bonchev–Trinajstić information content (AvgIpc) is 3.38. The van der Waals surface area contributed by atoms with Crippen molar-refractivity contribution in [3.8, 4) is 0 Å². The van der Waals surface area contributed by atoms with E-state index in [0.29, 0.717) is 29.7 Å². The van der Waals surface area contributed by atoms with Crippen LogP contribution in [-0.2, 0) is 10.0 Å². The van der Waals surface area contributed by atoms with E-state index in [1.807, 2.05) is 6.07 Å². The standard InChI is InChI=1S/C17H19ClN4O3S/c18-13-3-5-14(6-4-13)26(24,25)22-9-7-21(8-10-22)17(23)16-11-15(19-20-16)12-1-2-12/h3-6,11-12H,1-2,7-10H2,(H,19,20). The molecular weight excluding hydrogens is 376 g/mol. The first-order chi connectivity index (χ1) is 12.4. The molecule has 1 saturated heterocycles. The Morgan fingerprint density at radius 3 is 2.38 bits per heavy atom. The van der Waals surface area contributed by atoms with E-state index in [9.17, 15) is 13.2 Å². The maximum atomic E-state index is 12.7. The predicted molar refractivity (Wildman–Crippen MR) is 96.7 cm³/mol. The number of aromatic nitrogens is 2. The summed E-state index contributed by atoms with van der Waals surface area (Å²) in [7, 11) is -3.58. The van der Waals surface area contributed by atoms with Gasteiger partial charge in [-0.25, -0.2) is 8.42 Å². The van der Waals surface area contributed by atoms with Gasteiger partial charge in [0.15, 0.2) is 0 Å². The molecule has 26 heavy (non-hydrogen) atoms. The van der Waals surface area contributed by atoms with Gasteiger partial charge < -0.3 is 4.90 Å². The van der Waals surface area contributed by atoms with Crippen LogP contribution in [0, 0.1) is 0 Å². The smallest absolute Gasteiger partial charge is 0.274 e. The summed E-state index contributed by atoms with van der Waals surface area (Å²) in [5.41, 5.74) is 1.42. The lowest BCUT2D eigenvalue weighted by molar-refractivity contribution is 0.0692. The molecule has 2 heterocycles. The summed E-state index contributed by atoms with van der Waals surface area (Å²) >= 11 is 5.82. The summed E-state index contributed by atoms with van der Waals surface area (Å²) in [6.45, 7) is 1.21. The van der Waals surface area contributed by atoms with Crippen LogP contribution in [0.1, 0.15) is 34.9 Å². The Balaban J connectivity index is 1.41. The normalized spacial score (nSPS) is 18.9. The Hall–Kier alpha value is -1.90. The van der Waals surface area contributed by atoms with Gasteiger partial charge in [0.05, 0.1) is 4.90 Å². The Labute approximate surface area is 157 Å². The molecular formula is C17H19ClN4O3S. The number of halogens is 1. The fraction of sp³-hybridized carbons (Fsp3) is 0.412. The largest absolute Gasteiger partial charge is 0.335 e. The molecule has 0 unspecified atom stereocenters. The lowest BCUT2D eigenvalue weighted by Crippen LogP contribution is -2.50. The average molecular weight is 395 g/mol. The fourth-order valence-corrected chi connectivity index (χ4v) is 4.65. The highest BCUT2D eigenvalue weighted by Crippen LogP contribution is 2.39.